The summed E-state index contributed by atoms with van der Waals surface area (Å²) in [7, 11) is 0. The molecule has 1 aliphatic rings. The average molecular weight is 407 g/mol. The molecule has 1 N–H and O–H groups in total. The van der Waals surface area contributed by atoms with Crippen molar-refractivity contribution in [3.8, 4) is 22.8 Å². The number of nitrogens with one attached hydrogen (secondary N) is 1. The second-order valence-corrected chi connectivity index (χ2v) is 7.06. The number of ether oxygens (including phenoxy) is 2. The number of carbonyl (C=O) groups excluding carboxylic acids is 1. The molecule has 2 heterocycles. The Kier molecular flexibility index (Phi) is 4.33. The van der Waals surface area contributed by atoms with Crippen molar-refractivity contribution in [1.82, 2.24) is 10.5 Å². The van der Waals surface area contributed by atoms with E-state index in [9.17, 15) is 4.79 Å². The maximum Gasteiger partial charge on any atom is 0.251 e. The number of amides is 1. The van der Waals surface area contributed by atoms with Crippen molar-refractivity contribution in [2.24, 2.45) is 0 Å². The number of carbonyl (C=O) groups is 1. The number of hydrogen-bond donors (Lipinski definition) is 1. The first-order valence-electron chi connectivity index (χ1n) is 8.99. The minimum atomic E-state index is -0.187. The van der Waals surface area contributed by atoms with Crippen LogP contribution in [0.5, 0.6) is 11.5 Å². The Balaban J connectivity index is 1.37. The van der Waals surface area contributed by atoms with Crippen molar-refractivity contribution < 1.29 is 18.8 Å². The van der Waals surface area contributed by atoms with E-state index in [4.69, 9.17) is 25.6 Å². The van der Waals surface area contributed by atoms with Gasteiger partial charge in [-0.15, -0.1) is 0 Å². The van der Waals surface area contributed by atoms with Crippen LogP contribution in [0.15, 0.2) is 65.2 Å². The summed E-state index contributed by atoms with van der Waals surface area (Å²) in [6, 6.07) is 18.2. The second kappa shape index (κ2) is 7.14. The monoisotopic (exact) mass is 406 g/mol. The topological polar surface area (TPSA) is 73.6 Å². The lowest BCUT2D eigenvalue weighted by atomic mass is 10.1. The van der Waals surface area contributed by atoms with E-state index in [0.29, 0.717) is 39.9 Å². The zero-order chi connectivity index (χ0) is 19.8. The van der Waals surface area contributed by atoms with Crippen LogP contribution in [-0.2, 0) is 6.54 Å². The van der Waals surface area contributed by atoms with Gasteiger partial charge in [-0.2, -0.15) is 0 Å². The lowest BCUT2D eigenvalue weighted by Crippen LogP contribution is -2.22. The van der Waals surface area contributed by atoms with E-state index < -0.39 is 0 Å². The molecule has 144 valence electrons. The number of nitrogens with zero attached hydrogens (tertiary/aromatic N) is 1. The minimum absolute atomic E-state index is 0.187. The Morgan fingerprint density at radius 2 is 1.83 bits per heavy atom. The zero-order valence-electron chi connectivity index (χ0n) is 15.1. The molecule has 4 aromatic rings. The summed E-state index contributed by atoms with van der Waals surface area (Å²) in [6.45, 7) is 0.598. The summed E-state index contributed by atoms with van der Waals surface area (Å²) >= 11 is 5.96. The van der Waals surface area contributed by atoms with Crippen molar-refractivity contribution in [1.29, 1.82) is 0 Å². The summed E-state index contributed by atoms with van der Waals surface area (Å²) < 4.78 is 16.2. The van der Waals surface area contributed by atoms with E-state index in [0.717, 1.165) is 16.5 Å². The summed E-state index contributed by atoms with van der Waals surface area (Å²) in [6.07, 6.45) is 0. The molecular weight excluding hydrogens is 392 g/mol. The highest BCUT2D eigenvalue weighted by molar-refractivity contribution is 6.30. The summed E-state index contributed by atoms with van der Waals surface area (Å²) in [4.78, 5) is 12.7. The zero-order valence-corrected chi connectivity index (χ0v) is 15.9. The van der Waals surface area contributed by atoms with Gasteiger partial charge in [0.1, 0.15) is 5.52 Å². The summed E-state index contributed by atoms with van der Waals surface area (Å²) in [5, 5.41) is 8.41. The fourth-order valence-electron chi connectivity index (χ4n) is 3.23. The van der Waals surface area contributed by atoms with E-state index in [1.807, 2.05) is 30.3 Å². The summed E-state index contributed by atoms with van der Waals surface area (Å²) in [5.74, 6) is 1.82. The van der Waals surface area contributed by atoms with E-state index in [-0.39, 0.29) is 12.7 Å². The molecule has 1 amide bonds. The lowest BCUT2D eigenvalue weighted by Gasteiger charge is -2.07. The highest BCUT2D eigenvalue weighted by Crippen LogP contribution is 2.33. The van der Waals surface area contributed by atoms with Crippen LogP contribution in [0.2, 0.25) is 5.02 Å². The molecule has 0 unspecified atom stereocenters. The maximum absolute atomic E-state index is 12.7. The van der Waals surface area contributed by atoms with Crippen molar-refractivity contribution in [3.63, 3.8) is 0 Å². The number of halogens is 1. The Labute approximate surface area is 171 Å². The highest BCUT2D eigenvalue weighted by atomic mass is 35.5. The van der Waals surface area contributed by atoms with Gasteiger partial charge in [-0.3, -0.25) is 4.79 Å². The SMILES string of the molecule is O=C(NCc1ccc2c(c1)OCO2)c1ccc2noc(-c3ccc(Cl)cc3)c2c1. The first-order chi connectivity index (χ1) is 14.2. The predicted molar refractivity (Wildman–Crippen MR) is 108 cm³/mol. The van der Waals surface area contributed by atoms with Crippen LogP contribution in [0, 0.1) is 0 Å². The quantitative estimate of drug-likeness (QED) is 0.526. The molecule has 0 saturated heterocycles. The van der Waals surface area contributed by atoms with Gasteiger partial charge in [0.15, 0.2) is 17.3 Å². The van der Waals surface area contributed by atoms with Crippen molar-refractivity contribution >= 4 is 28.4 Å². The van der Waals surface area contributed by atoms with Crippen molar-refractivity contribution in [2.75, 3.05) is 6.79 Å². The van der Waals surface area contributed by atoms with Crippen LogP contribution in [0.4, 0.5) is 0 Å². The van der Waals surface area contributed by atoms with Gasteiger partial charge in [0.2, 0.25) is 6.79 Å². The van der Waals surface area contributed by atoms with Gasteiger partial charge < -0.3 is 19.3 Å². The fraction of sp³-hybridized carbons (Fsp3) is 0.0909. The standard InChI is InChI=1S/C22H15ClN2O4/c23-16-5-2-14(3-6-16)21-17-10-15(4-7-18(17)25-29-21)22(26)24-11-13-1-8-19-20(9-13)28-12-27-19/h1-10H,11-12H2,(H,24,26). The predicted octanol–water partition coefficient (Wildman–Crippen LogP) is 4.81. The number of rotatable bonds is 4. The molecule has 6 nitrogen and oxygen atoms in total. The van der Waals surface area contributed by atoms with Crippen molar-refractivity contribution in [2.45, 2.75) is 6.54 Å². The maximum atomic E-state index is 12.7. The Morgan fingerprint density at radius 1 is 1.00 bits per heavy atom. The van der Waals surface area contributed by atoms with Crippen LogP contribution in [0.3, 0.4) is 0 Å². The van der Waals surface area contributed by atoms with E-state index in [2.05, 4.69) is 10.5 Å². The first-order valence-corrected chi connectivity index (χ1v) is 9.37. The fourth-order valence-corrected chi connectivity index (χ4v) is 3.35. The van der Waals surface area contributed by atoms with Gasteiger partial charge in [-0.05, 0) is 60.2 Å². The molecule has 0 atom stereocenters. The Bertz CT molecular complexity index is 1220. The normalized spacial score (nSPS) is 12.3. The van der Waals surface area contributed by atoms with Gasteiger partial charge >= 0.3 is 0 Å². The molecular formula is C22H15ClN2O4. The molecule has 1 aromatic heterocycles. The Morgan fingerprint density at radius 3 is 2.69 bits per heavy atom. The molecule has 0 spiro atoms. The number of benzene rings is 3. The molecule has 0 radical (unpaired) electrons. The molecule has 0 fully saturated rings. The van der Waals surface area contributed by atoms with E-state index in [1.54, 1.807) is 30.3 Å². The van der Waals surface area contributed by atoms with E-state index >= 15 is 0 Å². The van der Waals surface area contributed by atoms with Crippen LogP contribution in [0.25, 0.3) is 22.2 Å². The molecule has 0 bridgehead atoms. The number of fused-ring (bicyclic) bond motifs is 2. The molecule has 29 heavy (non-hydrogen) atoms. The largest absolute Gasteiger partial charge is 0.454 e. The van der Waals surface area contributed by atoms with Crippen LogP contribution < -0.4 is 14.8 Å². The number of hydrogen-bond acceptors (Lipinski definition) is 5. The highest BCUT2D eigenvalue weighted by Gasteiger charge is 2.16. The van der Waals surface area contributed by atoms with Gasteiger partial charge in [-0.25, -0.2) is 0 Å². The Hall–Kier alpha value is -3.51. The second-order valence-electron chi connectivity index (χ2n) is 6.62. The molecule has 1 aliphatic heterocycles. The minimum Gasteiger partial charge on any atom is -0.454 e. The van der Waals surface area contributed by atoms with Crippen LogP contribution in [-0.4, -0.2) is 17.9 Å². The van der Waals surface area contributed by atoms with Gasteiger partial charge in [0, 0.05) is 22.7 Å². The third-order valence-corrected chi connectivity index (χ3v) is 4.99. The molecule has 0 aliphatic carbocycles. The molecule has 7 heteroatoms. The average Bonchev–Trinajstić information content (AvgIpc) is 3.38. The van der Waals surface area contributed by atoms with Crippen LogP contribution in [0.1, 0.15) is 15.9 Å². The van der Waals surface area contributed by atoms with Crippen LogP contribution >= 0.6 is 11.6 Å². The van der Waals surface area contributed by atoms with Gasteiger partial charge in [0.25, 0.3) is 5.91 Å². The number of aromatic nitrogens is 1. The first kappa shape index (κ1) is 17.6. The smallest absolute Gasteiger partial charge is 0.251 e. The third kappa shape index (κ3) is 3.39. The molecule has 5 rings (SSSR count). The lowest BCUT2D eigenvalue weighted by molar-refractivity contribution is 0.0951. The molecule has 3 aromatic carbocycles. The molecule has 0 saturated carbocycles. The van der Waals surface area contributed by atoms with Gasteiger partial charge in [-0.1, -0.05) is 22.8 Å². The van der Waals surface area contributed by atoms with Crippen molar-refractivity contribution in [3.05, 3.63) is 76.8 Å². The van der Waals surface area contributed by atoms with Gasteiger partial charge in [0.05, 0.1) is 5.39 Å². The van der Waals surface area contributed by atoms with E-state index in [1.165, 1.54) is 0 Å². The summed E-state index contributed by atoms with van der Waals surface area (Å²) in [5.41, 5.74) is 2.98. The third-order valence-electron chi connectivity index (χ3n) is 4.74.